The number of nitrogens with two attached hydrogens (primary N) is 1. The van der Waals surface area contributed by atoms with Crippen molar-refractivity contribution in [3.8, 4) is 0 Å². The number of rotatable bonds is 6. The lowest BCUT2D eigenvalue weighted by Gasteiger charge is -2.23. The van der Waals surface area contributed by atoms with Gasteiger partial charge in [-0.25, -0.2) is 0 Å². The maximum Gasteiger partial charge on any atom is 0.146 e. The summed E-state index contributed by atoms with van der Waals surface area (Å²) in [6.45, 7) is 9.76. The first-order chi connectivity index (χ1) is 7.89. The summed E-state index contributed by atoms with van der Waals surface area (Å²) in [4.78, 5) is 0. The van der Waals surface area contributed by atoms with Crippen molar-refractivity contribution < 1.29 is 4.74 Å². The summed E-state index contributed by atoms with van der Waals surface area (Å²) in [5.41, 5.74) is 5.45. The van der Waals surface area contributed by atoms with E-state index in [1.54, 1.807) is 7.11 Å². The predicted molar refractivity (Wildman–Crippen MR) is 67.5 cm³/mol. The molecule has 0 aliphatic carbocycles. The van der Waals surface area contributed by atoms with Crippen LogP contribution in [0.1, 0.15) is 39.3 Å². The summed E-state index contributed by atoms with van der Waals surface area (Å²) < 4.78 is 7.55. The van der Waals surface area contributed by atoms with Gasteiger partial charge in [0.25, 0.3) is 0 Å². The van der Waals surface area contributed by atoms with Crippen LogP contribution in [0.15, 0.2) is 0 Å². The van der Waals surface area contributed by atoms with Crippen molar-refractivity contribution in [2.45, 2.75) is 52.8 Å². The second-order valence-corrected chi connectivity index (χ2v) is 5.38. The topological polar surface area (TPSA) is 66.0 Å². The molecule has 0 fully saturated rings. The number of methoxy groups -OCH3 is 1. The van der Waals surface area contributed by atoms with Gasteiger partial charge in [-0.15, -0.1) is 10.2 Å². The fraction of sp³-hybridized carbons (Fsp3) is 0.833. The smallest absolute Gasteiger partial charge is 0.146 e. The molecule has 0 saturated carbocycles. The van der Waals surface area contributed by atoms with E-state index in [-0.39, 0.29) is 5.60 Å². The zero-order valence-electron chi connectivity index (χ0n) is 11.5. The van der Waals surface area contributed by atoms with Crippen LogP contribution < -0.4 is 5.73 Å². The summed E-state index contributed by atoms with van der Waals surface area (Å²) in [5.74, 6) is 2.34. The van der Waals surface area contributed by atoms with Gasteiger partial charge in [0.1, 0.15) is 11.6 Å². The SMILES string of the molecule is COC(C)(C)Cc1nnc(CN)n1CC(C)C. The van der Waals surface area contributed by atoms with E-state index in [4.69, 9.17) is 10.5 Å². The highest BCUT2D eigenvalue weighted by Crippen LogP contribution is 2.16. The first kappa shape index (κ1) is 14.1. The lowest BCUT2D eigenvalue weighted by Crippen LogP contribution is -2.28. The van der Waals surface area contributed by atoms with Gasteiger partial charge in [0.15, 0.2) is 0 Å². The molecule has 0 saturated heterocycles. The van der Waals surface area contributed by atoms with Crippen LogP contribution in [0, 0.1) is 5.92 Å². The van der Waals surface area contributed by atoms with Crippen LogP contribution in [0.5, 0.6) is 0 Å². The van der Waals surface area contributed by atoms with Crippen molar-refractivity contribution in [1.29, 1.82) is 0 Å². The van der Waals surface area contributed by atoms with Gasteiger partial charge in [0.2, 0.25) is 0 Å². The molecule has 1 aromatic heterocycles. The van der Waals surface area contributed by atoms with E-state index in [1.807, 2.05) is 13.8 Å². The molecule has 0 aliphatic rings. The largest absolute Gasteiger partial charge is 0.378 e. The predicted octanol–water partition coefficient (Wildman–Crippen LogP) is 1.36. The monoisotopic (exact) mass is 240 g/mol. The minimum atomic E-state index is -0.229. The van der Waals surface area contributed by atoms with E-state index in [1.165, 1.54) is 0 Å². The third-order valence-electron chi connectivity index (χ3n) is 2.77. The Morgan fingerprint density at radius 1 is 1.29 bits per heavy atom. The minimum absolute atomic E-state index is 0.229. The molecule has 1 heterocycles. The highest BCUT2D eigenvalue weighted by Gasteiger charge is 2.22. The van der Waals surface area contributed by atoms with Crippen molar-refractivity contribution in [3.05, 3.63) is 11.6 Å². The second kappa shape index (κ2) is 5.60. The Hall–Kier alpha value is -0.940. The summed E-state index contributed by atoms with van der Waals surface area (Å²) in [5, 5.41) is 8.36. The van der Waals surface area contributed by atoms with E-state index in [0.29, 0.717) is 12.5 Å². The Kier molecular flexibility index (Phi) is 4.65. The third kappa shape index (κ3) is 3.78. The number of hydrogen-bond acceptors (Lipinski definition) is 4. The zero-order chi connectivity index (χ0) is 13.1. The van der Waals surface area contributed by atoms with E-state index < -0.39 is 0 Å². The molecule has 0 radical (unpaired) electrons. The average molecular weight is 240 g/mol. The molecule has 1 rings (SSSR count). The molecule has 17 heavy (non-hydrogen) atoms. The summed E-state index contributed by atoms with van der Waals surface area (Å²) in [7, 11) is 1.72. The molecule has 0 bridgehead atoms. The Balaban J connectivity index is 2.95. The highest BCUT2D eigenvalue weighted by molar-refractivity contribution is 4.99. The van der Waals surface area contributed by atoms with Crippen molar-refractivity contribution >= 4 is 0 Å². The maximum absolute atomic E-state index is 5.68. The first-order valence-corrected chi connectivity index (χ1v) is 6.05. The van der Waals surface area contributed by atoms with Gasteiger partial charge in [0, 0.05) is 20.1 Å². The molecule has 0 amide bonds. The number of nitrogens with zero attached hydrogens (tertiary/aromatic N) is 3. The van der Waals surface area contributed by atoms with Crippen LogP contribution in [-0.2, 0) is 24.2 Å². The standard InChI is InChI=1S/C12H24N4O/c1-9(2)8-16-10(6-12(3,4)17-5)14-15-11(16)7-13/h9H,6-8,13H2,1-5H3. The van der Waals surface area contributed by atoms with Crippen LogP contribution >= 0.6 is 0 Å². The Labute approximate surface area is 103 Å². The quantitative estimate of drug-likeness (QED) is 0.815. The van der Waals surface area contributed by atoms with Gasteiger partial charge in [0.05, 0.1) is 12.1 Å². The molecule has 0 aromatic carbocycles. The fourth-order valence-electron chi connectivity index (χ4n) is 1.68. The molecule has 0 spiro atoms. The molecular weight excluding hydrogens is 216 g/mol. The van der Waals surface area contributed by atoms with Gasteiger partial charge in [-0.1, -0.05) is 13.8 Å². The number of hydrogen-bond donors (Lipinski definition) is 1. The molecule has 5 heteroatoms. The van der Waals surface area contributed by atoms with Crippen LogP contribution in [0.25, 0.3) is 0 Å². The molecule has 0 aliphatic heterocycles. The Morgan fingerprint density at radius 3 is 2.35 bits per heavy atom. The van der Waals surface area contributed by atoms with Crippen LogP contribution in [-0.4, -0.2) is 27.5 Å². The van der Waals surface area contributed by atoms with Gasteiger partial charge in [-0.3, -0.25) is 0 Å². The van der Waals surface area contributed by atoms with Crippen molar-refractivity contribution in [1.82, 2.24) is 14.8 Å². The Morgan fingerprint density at radius 2 is 1.88 bits per heavy atom. The minimum Gasteiger partial charge on any atom is -0.378 e. The van der Waals surface area contributed by atoms with Crippen LogP contribution in [0.4, 0.5) is 0 Å². The fourth-order valence-corrected chi connectivity index (χ4v) is 1.68. The second-order valence-electron chi connectivity index (χ2n) is 5.38. The van der Waals surface area contributed by atoms with E-state index in [9.17, 15) is 0 Å². The summed E-state index contributed by atoms with van der Waals surface area (Å²) in [6.07, 6.45) is 0.739. The molecule has 0 unspecified atom stereocenters. The van der Waals surface area contributed by atoms with E-state index in [0.717, 1.165) is 24.6 Å². The lowest BCUT2D eigenvalue weighted by atomic mass is 10.0. The number of ether oxygens (including phenoxy) is 1. The number of aromatic nitrogens is 3. The molecule has 5 nitrogen and oxygen atoms in total. The van der Waals surface area contributed by atoms with Crippen LogP contribution in [0.3, 0.4) is 0 Å². The normalized spacial score (nSPS) is 12.4. The van der Waals surface area contributed by atoms with Crippen LogP contribution in [0.2, 0.25) is 0 Å². The van der Waals surface area contributed by atoms with E-state index in [2.05, 4.69) is 28.6 Å². The zero-order valence-corrected chi connectivity index (χ0v) is 11.5. The molecule has 2 N–H and O–H groups in total. The Bertz CT molecular complexity index is 357. The van der Waals surface area contributed by atoms with Gasteiger partial charge in [-0.05, 0) is 19.8 Å². The van der Waals surface area contributed by atoms with Crippen molar-refractivity contribution in [2.24, 2.45) is 11.7 Å². The third-order valence-corrected chi connectivity index (χ3v) is 2.77. The molecule has 1 aromatic rings. The van der Waals surface area contributed by atoms with Gasteiger partial charge >= 0.3 is 0 Å². The van der Waals surface area contributed by atoms with Gasteiger partial charge in [-0.2, -0.15) is 0 Å². The highest BCUT2D eigenvalue weighted by atomic mass is 16.5. The average Bonchev–Trinajstić information content (AvgIpc) is 2.60. The van der Waals surface area contributed by atoms with Gasteiger partial charge < -0.3 is 15.0 Å². The lowest BCUT2D eigenvalue weighted by molar-refractivity contribution is 0.0207. The molecule has 98 valence electrons. The molecular formula is C12H24N4O. The molecule has 0 atom stereocenters. The van der Waals surface area contributed by atoms with E-state index >= 15 is 0 Å². The maximum atomic E-state index is 5.68. The van der Waals surface area contributed by atoms with Crippen molar-refractivity contribution in [3.63, 3.8) is 0 Å². The summed E-state index contributed by atoms with van der Waals surface area (Å²) in [6, 6.07) is 0. The first-order valence-electron chi connectivity index (χ1n) is 6.05. The van der Waals surface area contributed by atoms with Crippen molar-refractivity contribution in [2.75, 3.05) is 7.11 Å². The summed E-state index contributed by atoms with van der Waals surface area (Å²) >= 11 is 0.